The zero-order valence-electron chi connectivity index (χ0n) is 6.68. The second kappa shape index (κ2) is 2.72. The average molecular weight is 137 g/mol. The molecule has 2 heteroatoms. The first-order valence-corrected chi connectivity index (χ1v) is 3.49. The van der Waals surface area contributed by atoms with Gasteiger partial charge in [-0.15, -0.1) is 0 Å². The summed E-state index contributed by atoms with van der Waals surface area (Å²) in [5, 5.41) is 0. The van der Waals surface area contributed by atoms with Crippen LogP contribution in [0.3, 0.4) is 0 Å². The maximum Gasteiger partial charge on any atom is 0.198 e. The van der Waals surface area contributed by atoms with Crippen LogP contribution >= 0.6 is 0 Å². The summed E-state index contributed by atoms with van der Waals surface area (Å²) >= 11 is 0. The number of nitrogens with one attached hydrogen (secondary N) is 1. The molecule has 0 radical (unpaired) electrons. The largest absolute Gasteiger partial charge is 0.198 e. The Morgan fingerprint density at radius 2 is 2.30 bits per heavy atom. The van der Waals surface area contributed by atoms with E-state index in [1.807, 2.05) is 19.3 Å². The third-order valence-corrected chi connectivity index (χ3v) is 1.52. The minimum absolute atomic E-state index is 0.578. The maximum atomic E-state index is 3.04. The quantitative estimate of drug-likeness (QED) is 0.531. The van der Waals surface area contributed by atoms with Crippen LogP contribution in [0, 0.1) is 5.92 Å². The Balaban J connectivity index is 2.78. The molecule has 0 fully saturated rings. The topological polar surface area (TPSA) is 15.0 Å². The van der Waals surface area contributed by atoms with Crippen LogP contribution in [-0.4, -0.2) is 17.6 Å². The van der Waals surface area contributed by atoms with Crippen molar-refractivity contribution in [1.82, 2.24) is 5.43 Å². The molecule has 0 aromatic heterocycles. The van der Waals surface area contributed by atoms with Gasteiger partial charge in [-0.25, -0.2) is 0 Å². The van der Waals surface area contributed by atoms with E-state index >= 15 is 0 Å². The van der Waals surface area contributed by atoms with Gasteiger partial charge in [-0.2, -0.15) is 5.43 Å². The number of hydrazone groups is 1. The van der Waals surface area contributed by atoms with Crippen molar-refractivity contribution in [1.29, 1.82) is 0 Å². The van der Waals surface area contributed by atoms with Gasteiger partial charge in [0.15, 0.2) is 12.9 Å². The summed E-state index contributed by atoms with van der Waals surface area (Å²) in [5.41, 5.74) is 4.33. The van der Waals surface area contributed by atoms with Crippen molar-refractivity contribution in [3.8, 4) is 0 Å². The fourth-order valence-corrected chi connectivity index (χ4v) is 0.755. The van der Waals surface area contributed by atoms with Crippen LogP contribution in [0.1, 0.15) is 13.8 Å². The Morgan fingerprint density at radius 1 is 1.60 bits per heavy atom. The van der Waals surface area contributed by atoms with E-state index in [-0.39, 0.29) is 0 Å². The molecule has 1 N–H and O–H groups in total. The summed E-state index contributed by atoms with van der Waals surface area (Å²) in [6.45, 7) is 4.33. The lowest BCUT2D eigenvalue weighted by atomic mass is 10.1. The number of hydrazine groups is 1. The standard InChI is InChI=1S/C8H13N2/c1-7(2)8-4-5-10(3)9-6-8/h4,6-7,9H,1-3H3/q+1. The van der Waals surface area contributed by atoms with Gasteiger partial charge in [0.2, 0.25) is 0 Å². The van der Waals surface area contributed by atoms with Crippen molar-refractivity contribution in [3.05, 3.63) is 17.8 Å². The Hall–Kier alpha value is -1.01. The fraction of sp³-hybridized carbons (Fsp3) is 0.500. The predicted molar refractivity (Wildman–Crippen MR) is 41.8 cm³/mol. The van der Waals surface area contributed by atoms with E-state index in [1.54, 1.807) is 4.68 Å². The maximum absolute atomic E-state index is 3.04. The van der Waals surface area contributed by atoms with E-state index in [1.165, 1.54) is 5.57 Å². The van der Waals surface area contributed by atoms with Crippen LogP contribution in [0.2, 0.25) is 0 Å². The van der Waals surface area contributed by atoms with Crippen molar-refractivity contribution < 1.29 is 4.68 Å². The number of rotatable bonds is 1. The molecule has 0 aromatic rings. The smallest absolute Gasteiger partial charge is 0.164 e. The number of hydrogen-bond donors (Lipinski definition) is 1. The average Bonchev–Trinajstić information content (AvgIpc) is 1.88. The first-order valence-electron chi connectivity index (χ1n) is 3.49. The molecule has 1 aliphatic rings. The minimum atomic E-state index is 0.578. The molecule has 0 atom stereocenters. The zero-order chi connectivity index (χ0) is 7.56. The lowest BCUT2D eigenvalue weighted by molar-refractivity contribution is -0.542. The Bertz CT molecular complexity index is 217. The highest BCUT2D eigenvalue weighted by Gasteiger charge is 2.04. The summed E-state index contributed by atoms with van der Waals surface area (Å²) in [4.78, 5) is 0. The van der Waals surface area contributed by atoms with Gasteiger partial charge < -0.3 is 0 Å². The van der Waals surface area contributed by atoms with Gasteiger partial charge in [-0.3, -0.25) is 0 Å². The highest BCUT2D eigenvalue weighted by atomic mass is 15.4. The number of allylic oxidation sites excluding steroid dienone is 2. The highest BCUT2D eigenvalue weighted by Crippen LogP contribution is 2.08. The third-order valence-electron chi connectivity index (χ3n) is 1.52. The molecule has 0 saturated carbocycles. The Labute approximate surface area is 61.5 Å². The van der Waals surface area contributed by atoms with Gasteiger partial charge in [-0.1, -0.05) is 18.5 Å². The first kappa shape index (κ1) is 7.10. The molecule has 1 rings (SSSR count). The zero-order valence-corrected chi connectivity index (χ0v) is 6.68. The van der Waals surface area contributed by atoms with Crippen molar-refractivity contribution in [2.24, 2.45) is 5.92 Å². The minimum Gasteiger partial charge on any atom is -0.164 e. The molecule has 0 saturated heterocycles. The van der Waals surface area contributed by atoms with Crippen LogP contribution < -0.4 is 5.43 Å². The molecule has 1 aliphatic heterocycles. The summed E-state index contributed by atoms with van der Waals surface area (Å²) in [6, 6.07) is 0. The van der Waals surface area contributed by atoms with Crippen LogP contribution in [0.4, 0.5) is 0 Å². The van der Waals surface area contributed by atoms with Crippen LogP contribution in [0.15, 0.2) is 17.8 Å². The molecular weight excluding hydrogens is 124 g/mol. The van der Waals surface area contributed by atoms with Crippen LogP contribution in [0.5, 0.6) is 0 Å². The summed E-state index contributed by atoms with van der Waals surface area (Å²) in [7, 11) is 1.92. The van der Waals surface area contributed by atoms with Crippen molar-refractivity contribution >= 4 is 5.87 Å². The summed E-state index contributed by atoms with van der Waals surface area (Å²) in [5.74, 6) is 3.62. The number of hydrogen-bond acceptors (Lipinski definition) is 1. The first-order chi connectivity index (χ1) is 4.70. The van der Waals surface area contributed by atoms with Crippen molar-refractivity contribution in [2.75, 3.05) is 7.05 Å². The van der Waals surface area contributed by atoms with E-state index in [2.05, 4.69) is 25.1 Å². The van der Waals surface area contributed by atoms with Crippen LogP contribution in [-0.2, 0) is 0 Å². The van der Waals surface area contributed by atoms with Gasteiger partial charge in [-0.05, 0) is 11.5 Å². The van der Waals surface area contributed by atoms with E-state index in [9.17, 15) is 0 Å². The van der Waals surface area contributed by atoms with Gasteiger partial charge in [0.05, 0.1) is 12.3 Å². The van der Waals surface area contributed by atoms with Crippen LogP contribution in [0.25, 0.3) is 0 Å². The van der Waals surface area contributed by atoms with E-state index in [0.29, 0.717) is 5.92 Å². The van der Waals surface area contributed by atoms with Crippen molar-refractivity contribution in [3.63, 3.8) is 0 Å². The molecule has 0 spiro atoms. The molecule has 0 unspecified atom stereocenters. The van der Waals surface area contributed by atoms with Crippen molar-refractivity contribution in [2.45, 2.75) is 13.8 Å². The van der Waals surface area contributed by atoms with Gasteiger partial charge in [0.1, 0.15) is 0 Å². The van der Waals surface area contributed by atoms with E-state index < -0.39 is 0 Å². The summed E-state index contributed by atoms with van der Waals surface area (Å²) in [6.07, 6.45) is 4.00. The SMILES string of the molecule is CC(C)C1=CN[N+](C)=C=C1. The fourth-order valence-electron chi connectivity index (χ4n) is 0.755. The monoisotopic (exact) mass is 137 g/mol. The number of nitrogens with zero attached hydrogens (tertiary/aromatic N) is 1. The molecule has 1 heterocycles. The molecule has 0 aromatic carbocycles. The Kier molecular flexibility index (Phi) is 1.93. The van der Waals surface area contributed by atoms with Gasteiger partial charge in [0.25, 0.3) is 0 Å². The lowest BCUT2D eigenvalue weighted by Crippen LogP contribution is -2.22. The Morgan fingerprint density at radius 3 is 2.70 bits per heavy atom. The normalized spacial score (nSPS) is 16.4. The third kappa shape index (κ3) is 1.49. The molecule has 10 heavy (non-hydrogen) atoms. The molecule has 0 amide bonds. The molecule has 54 valence electrons. The summed E-state index contributed by atoms with van der Waals surface area (Å²) < 4.78 is 1.80. The predicted octanol–water partition coefficient (Wildman–Crippen LogP) is 0.913. The molecule has 0 aliphatic carbocycles. The van der Waals surface area contributed by atoms with E-state index in [4.69, 9.17) is 0 Å². The van der Waals surface area contributed by atoms with Gasteiger partial charge >= 0.3 is 0 Å². The highest BCUT2D eigenvalue weighted by molar-refractivity contribution is 5.53. The second-order valence-corrected chi connectivity index (χ2v) is 2.76. The molecule has 0 bridgehead atoms. The second-order valence-electron chi connectivity index (χ2n) is 2.76. The molecule has 2 nitrogen and oxygen atoms in total. The lowest BCUT2D eigenvalue weighted by Gasteiger charge is -2.05. The molecular formula is C8H13N2+. The van der Waals surface area contributed by atoms with E-state index in [0.717, 1.165) is 0 Å². The van der Waals surface area contributed by atoms with Gasteiger partial charge in [0, 0.05) is 0 Å².